The van der Waals surface area contributed by atoms with Crippen molar-refractivity contribution in [3.63, 3.8) is 0 Å². The van der Waals surface area contributed by atoms with Crippen molar-refractivity contribution >= 4 is 0 Å². The second-order valence-electron chi connectivity index (χ2n) is 5.70. The molecule has 3 N–H and O–H groups in total. The van der Waals surface area contributed by atoms with Crippen LogP contribution in [0.15, 0.2) is 12.1 Å². The van der Waals surface area contributed by atoms with Crippen molar-refractivity contribution in [1.29, 1.82) is 0 Å². The molecule has 0 saturated carbocycles. The van der Waals surface area contributed by atoms with E-state index in [0.717, 1.165) is 37.3 Å². The third-order valence-electron chi connectivity index (χ3n) is 4.02. The lowest BCUT2D eigenvalue weighted by Gasteiger charge is -2.39. The summed E-state index contributed by atoms with van der Waals surface area (Å²) in [6.07, 6.45) is 0. The first kappa shape index (κ1) is 14.3. The lowest BCUT2D eigenvalue weighted by molar-refractivity contribution is 0.0880. The van der Waals surface area contributed by atoms with Gasteiger partial charge in [0, 0.05) is 38.8 Å². The summed E-state index contributed by atoms with van der Waals surface area (Å²) in [7, 11) is 2.15. The number of phenols is 1. The minimum Gasteiger partial charge on any atom is -0.507 e. The van der Waals surface area contributed by atoms with Crippen LogP contribution in [0.5, 0.6) is 5.75 Å². The van der Waals surface area contributed by atoms with Gasteiger partial charge in [0.1, 0.15) is 5.75 Å². The Bertz CT molecular complexity index is 424. The SMILES string of the molecule is Cc1cc(CN2CCN(C)CC2CN)cc(C)c1O. The molecule has 4 heteroatoms. The standard InChI is InChI=1S/C15H25N3O/c1-11-6-13(7-12(2)15(11)19)9-18-5-4-17(3)10-14(18)8-16/h6-7,14,19H,4-5,8-10,16H2,1-3H3. The molecule has 19 heavy (non-hydrogen) atoms. The normalized spacial score (nSPS) is 21.8. The lowest BCUT2D eigenvalue weighted by Crippen LogP contribution is -2.54. The molecule has 4 nitrogen and oxygen atoms in total. The second-order valence-corrected chi connectivity index (χ2v) is 5.70. The monoisotopic (exact) mass is 263 g/mol. The molecule has 1 fully saturated rings. The van der Waals surface area contributed by atoms with Gasteiger partial charge in [-0.25, -0.2) is 0 Å². The number of likely N-dealkylation sites (N-methyl/N-ethyl adjacent to an activating group) is 1. The zero-order valence-electron chi connectivity index (χ0n) is 12.2. The predicted molar refractivity (Wildman–Crippen MR) is 78.3 cm³/mol. The van der Waals surface area contributed by atoms with Gasteiger partial charge in [0.25, 0.3) is 0 Å². The van der Waals surface area contributed by atoms with E-state index >= 15 is 0 Å². The van der Waals surface area contributed by atoms with E-state index in [2.05, 4.69) is 29.0 Å². The summed E-state index contributed by atoms with van der Waals surface area (Å²) < 4.78 is 0. The first-order valence-electron chi connectivity index (χ1n) is 6.93. The molecule has 0 amide bonds. The van der Waals surface area contributed by atoms with Crippen molar-refractivity contribution in [1.82, 2.24) is 9.80 Å². The largest absolute Gasteiger partial charge is 0.507 e. The number of piperazine rings is 1. The molecule has 0 aromatic heterocycles. The molecule has 1 aromatic rings. The Balaban J connectivity index is 2.12. The zero-order valence-corrected chi connectivity index (χ0v) is 12.2. The second kappa shape index (κ2) is 5.90. The minimum absolute atomic E-state index is 0.414. The lowest BCUT2D eigenvalue weighted by atomic mass is 10.0. The van der Waals surface area contributed by atoms with Crippen molar-refractivity contribution in [2.45, 2.75) is 26.4 Å². The highest BCUT2D eigenvalue weighted by atomic mass is 16.3. The summed E-state index contributed by atoms with van der Waals surface area (Å²) in [4.78, 5) is 4.78. The highest BCUT2D eigenvalue weighted by Gasteiger charge is 2.24. The van der Waals surface area contributed by atoms with E-state index in [0.29, 0.717) is 18.3 Å². The van der Waals surface area contributed by atoms with Crippen LogP contribution in [0.2, 0.25) is 0 Å². The van der Waals surface area contributed by atoms with Gasteiger partial charge in [-0.15, -0.1) is 0 Å². The van der Waals surface area contributed by atoms with Crippen LogP contribution in [-0.2, 0) is 6.54 Å². The van der Waals surface area contributed by atoms with Gasteiger partial charge in [-0.3, -0.25) is 4.90 Å². The number of aromatic hydroxyl groups is 1. The maximum Gasteiger partial charge on any atom is 0.121 e. The van der Waals surface area contributed by atoms with Gasteiger partial charge in [0.2, 0.25) is 0 Å². The smallest absolute Gasteiger partial charge is 0.121 e. The van der Waals surface area contributed by atoms with E-state index < -0.39 is 0 Å². The predicted octanol–water partition coefficient (Wildman–Crippen LogP) is 1.08. The van der Waals surface area contributed by atoms with Crippen LogP contribution in [0.3, 0.4) is 0 Å². The minimum atomic E-state index is 0.414. The molecular weight excluding hydrogens is 238 g/mol. The molecule has 106 valence electrons. The summed E-state index contributed by atoms with van der Waals surface area (Å²) in [6.45, 7) is 8.70. The Labute approximate surface area is 115 Å². The zero-order chi connectivity index (χ0) is 14.0. The summed E-state index contributed by atoms with van der Waals surface area (Å²) >= 11 is 0. The fraction of sp³-hybridized carbons (Fsp3) is 0.600. The molecule has 0 spiro atoms. The summed E-state index contributed by atoms with van der Waals surface area (Å²) in [5.74, 6) is 0.414. The molecule has 0 bridgehead atoms. The molecule has 0 radical (unpaired) electrons. The van der Waals surface area contributed by atoms with E-state index in [9.17, 15) is 5.11 Å². The van der Waals surface area contributed by atoms with Crippen molar-refractivity contribution < 1.29 is 5.11 Å². The number of nitrogens with zero attached hydrogens (tertiary/aromatic N) is 2. The maximum atomic E-state index is 9.83. The molecule has 1 aromatic carbocycles. The summed E-state index contributed by atoms with van der Waals surface area (Å²) in [5, 5.41) is 9.83. The van der Waals surface area contributed by atoms with Gasteiger partial charge in [-0.05, 0) is 37.6 Å². The number of benzene rings is 1. The van der Waals surface area contributed by atoms with Crippen molar-refractivity contribution in [3.8, 4) is 5.75 Å². The Morgan fingerprint density at radius 3 is 2.47 bits per heavy atom. The van der Waals surface area contributed by atoms with Crippen LogP contribution >= 0.6 is 0 Å². The number of rotatable bonds is 3. The van der Waals surface area contributed by atoms with Gasteiger partial charge >= 0.3 is 0 Å². The van der Waals surface area contributed by atoms with Crippen molar-refractivity contribution in [3.05, 3.63) is 28.8 Å². The number of phenolic OH excluding ortho intramolecular Hbond substituents is 1. The van der Waals surface area contributed by atoms with E-state index in [1.165, 1.54) is 5.56 Å². The number of aryl methyl sites for hydroxylation is 2. The van der Waals surface area contributed by atoms with Crippen LogP contribution in [0.4, 0.5) is 0 Å². The van der Waals surface area contributed by atoms with Crippen LogP contribution in [0.25, 0.3) is 0 Å². The number of nitrogens with two attached hydrogens (primary N) is 1. The van der Waals surface area contributed by atoms with Crippen LogP contribution < -0.4 is 5.73 Å². The molecular formula is C15H25N3O. The van der Waals surface area contributed by atoms with Crippen molar-refractivity contribution in [2.75, 3.05) is 33.2 Å². The molecule has 1 saturated heterocycles. The van der Waals surface area contributed by atoms with Crippen LogP contribution in [0.1, 0.15) is 16.7 Å². The topological polar surface area (TPSA) is 52.7 Å². The Morgan fingerprint density at radius 1 is 1.26 bits per heavy atom. The summed E-state index contributed by atoms with van der Waals surface area (Å²) in [6, 6.07) is 4.58. The molecule has 1 aliphatic heterocycles. The van der Waals surface area contributed by atoms with E-state index in [1.807, 2.05) is 13.8 Å². The molecule has 1 heterocycles. The highest BCUT2D eigenvalue weighted by Crippen LogP contribution is 2.24. The third-order valence-corrected chi connectivity index (χ3v) is 4.02. The number of hydrogen-bond acceptors (Lipinski definition) is 4. The quantitative estimate of drug-likeness (QED) is 0.857. The van der Waals surface area contributed by atoms with Crippen LogP contribution in [-0.4, -0.2) is 54.2 Å². The van der Waals surface area contributed by atoms with Gasteiger partial charge in [0.15, 0.2) is 0 Å². The molecule has 2 rings (SSSR count). The molecule has 1 unspecified atom stereocenters. The Morgan fingerprint density at radius 2 is 1.89 bits per heavy atom. The molecule has 1 atom stereocenters. The Hall–Kier alpha value is -1.10. The fourth-order valence-electron chi connectivity index (χ4n) is 2.85. The number of hydrogen-bond donors (Lipinski definition) is 2. The molecule has 0 aliphatic carbocycles. The first-order valence-corrected chi connectivity index (χ1v) is 6.93. The van der Waals surface area contributed by atoms with E-state index in [4.69, 9.17) is 5.73 Å². The van der Waals surface area contributed by atoms with E-state index in [1.54, 1.807) is 0 Å². The van der Waals surface area contributed by atoms with Gasteiger partial charge in [-0.1, -0.05) is 12.1 Å². The average Bonchev–Trinajstić information content (AvgIpc) is 2.38. The Kier molecular flexibility index (Phi) is 4.45. The highest BCUT2D eigenvalue weighted by molar-refractivity contribution is 5.42. The van der Waals surface area contributed by atoms with Crippen LogP contribution in [0, 0.1) is 13.8 Å². The van der Waals surface area contributed by atoms with Gasteiger partial charge in [-0.2, -0.15) is 0 Å². The van der Waals surface area contributed by atoms with Gasteiger partial charge < -0.3 is 15.7 Å². The van der Waals surface area contributed by atoms with Gasteiger partial charge in [0.05, 0.1) is 0 Å². The van der Waals surface area contributed by atoms with Crippen molar-refractivity contribution in [2.24, 2.45) is 5.73 Å². The maximum absolute atomic E-state index is 9.83. The summed E-state index contributed by atoms with van der Waals surface area (Å²) in [5.41, 5.74) is 9.05. The van der Waals surface area contributed by atoms with E-state index in [-0.39, 0.29) is 0 Å². The first-order chi connectivity index (χ1) is 9.01. The molecule has 1 aliphatic rings. The third kappa shape index (κ3) is 3.26. The average molecular weight is 263 g/mol. The fourth-order valence-corrected chi connectivity index (χ4v) is 2.85.